The quantitative estimate of drug-likeness (QED) is 0.297. The zero-order chi connectivity index (χ0) is 10.8. The Kier molecular flexibility index (Phi) is 449. The summed E-state index contributed by atoms with van der Waals surface area (Å²) < 4.78 is 0. The minimum atomic E-state index is 0. The van der Waals surface area contributed by atoms with E-state index in [1.54, 1.807) is 0 Å². The molecule has 0 aliphatic heterocycles. The van der Waals surface area contributed by atoms with E-state index in [4.69, 9.17) is 41.5 Å². The van der Waals surface area contributed by atoms with Crippen LogP contribution in [0.5, 0.6) is 0 Å². The molecule has 0 N–H and O–H groups in total. The van der Waals surface area contributed by atoms with Crippen molar-refractivity contribution in [1.29, 1.82) is 21.0 Å². The van der Waals surface area contributed by atoms with Crippen molar-refractivity contribution < 1.29 is 20.4 Å². The monoisotopic (exact) mass is 376 g/mol. The molecule has 0 aromatic heterocycles. The molecule has 0 unspecified atom stereocenters. The average molecular weight is 375 g/mol. The molecule has 0 atom stereocenters. The molecule has 0 fully saturated rings. The molecular weight excluding hydrogens is 375 g/mol. The van der Waals surface area contributed by atoms with Gasteiger partial charge in [0.15, 0.2) is 0 Å². The van der Waals surface area contributed by atoms with Crippen molar-refractivity contribution in [2.45, 2.75) is 0 Å². The Balaban J connectivity index is -0.0000000213. The second-order valence-electron chi connectivity index (χ2n) is 0.365. The van der Waals surface area contributed by atoms with E-state index in [1.807, 2.05) is 0 Å². The smallest absolute Gasteiger partial charge is 0.812 e. The van der Waals surface area contributed by atoms with Gasteiger partial charge in [-0.2, -0.15) is 0 Å². The van der Waals surface area contributed by atoms with Gasteiger partial charge < -0.3 is 20.4 Å². The fourth-order valence-electron chi connectivity index (χ4n) is 0. The van der Waals surface area contributed by atoms with Crippen molar-refractivity contribution in [3.8, 4) is 25.0 Å². The van der Waals surface area contributed by atoms with Gasteiger partial charge in [-0.15, -0.1) is 0 Å². The standard InChI is InChI=1S/4CHNO.Pb/c4*2-1-3;/h4*3H;/q;;;;+4/p-4. The van der Waals surface area contributed by atoms with E-state index < -0.39 is 0 Å². The molecule has 0 aromatic rings. The van der Waals surface area contributed by atoms with Crippen molar-refractivity contribution in [2.75, 3.05) is 0 Å². The molecular formula is C4N4O4Pb. The first-order valence-corrected chi connectivity index (χ1v) is 1.71. The van der Waals surface area contributed by atoms with E-state index in [0.29, 0.717) is 25.0 Å². The second-order valence-corrected chi connectivity index (χ2v) is 0.365. The third-order valence-electron chi connectivity index (χ3n) is 0. The Hall–Kier alpha value is -1.92. The molecule has 0 heterocycles. The summed E-state index contributed by atoms with van der Waals surface area (Å²) in [6, 6.07) is 0. The minimum absolute atomic E-state index is 0. The fourth-order valence-corrected chi connectivity index (χ4v) is 0. The Morgan fingerprint density at radius 1 is 0.538 bits per heavy atom. The van der Waals surface area contributed by atoms with Crippen molar-refractivity contribution in [3.05, 3.63) is 0 Å². The molecule has 0 saturated heterocycles. The zero-order valence-electron chi connectivity index (χ0n) is 5.92. The summed E-state index contributed by atoms with van der Waals surface area (Å²) in [7, 11) is 0. The summed E-state index contributed by atoms with van der Waals surface area (Å²) >= 11 is 0. The summed E-state index contributed by atoms with van der Waals surface area (Å²) in [6.45, 7) is 0. The van der Waals surface area contributed by atoms with Gasteiger partial charge >= 0.3 is 27.3 Å². The van der Waals surface area contributed by atoms with Crippen LogP contribution in [0.4, 0.5) is 0 Å². The van der Waals surface area contributed by atoms with Crippen LogP contribution in [0, 0.1) is 46.1 Å². The number of nitriles is 4. The van der Waals surface area contributed by atoms with E-state index in [2.05, 4.69) is 0 Å². The molecule has 0 aliphatic carbocycles. The van der Waals surface area contributed by atoms with E-state index in [1.165, 1.54) is 0 Å². The largest absolute Gasteiger partial charge is 4.00 e. The molecule has 0 amide bonds. The van der Waals surface area contributed by atoms with Crippen molar-refractivity contribution in [2.24, 2.45) is 0 Å². The predicted molar refractivity (Wildman–Crippen MR) is 28.2 cm³/mol. The fraction of sp³-hybridized carbons (Fsp3) is 0. The van der Waals surface area contributed by atoms with Gasteiger partial charge in [0.25, 0.3) is 0 Å². The first-order chi connectivity index (χ1) is 5.66. The molecule has 0 saturated carbocycles. The van der Waals surface area contributed by atoms with Crippen LogP contribution in [0.1, 0.15) is 0 Å². The molecule has 0 radical (unpaired) electrons. The second kappa shape index (κ2) is 192. The van der Waals surface area contributed by atoms with E-state index in [9.17, 15) is 0 Å². The SMILES string of the molecule is N#C[O-].N#C[O-].N#C[O-].N#C[O-].[Pb+4]. The van der Waals surface area contributed by atoms with Crippen LogP contribution in [-0.2, 0) is 0 Å². The molecule has 13 heavy (non-hydrogen) atoms. The van der Waals surface area contributed by atoms with Crippen molar-refractivity contribution >= 4 is 27.3 Å². The van der Waals surface area contributed by atoms with Gasteiger partial charge in [-0.05, 0) is 0 Å². The number of hydrogen-bond acceptors (Lipinski definition) is 8. The summed E-state index contributed by atoms with van der Waals surface area (Å²) in [6.07, 6.45) is 2.00. The molecule has 9 heteroatoms. The molecule has 0 rings (SSSR count). The summed E-state index contributed by atoms with van der Waals surface area (Å²) in [5.41, 5.74) is 0. The molecule has 0 aliphatic rings. The Bertz CT molecular complexity index is 158. The number of nitrogens with zero attached hydrogens (tertiary/aromatic N) is 4. The van der Waals surface area contributed by atoms with Crippen LogP contribution in [0.3, 0.4) is 0 Å². The van der Waals surface area contributed by atoms with Gasteiger partial charge in [-0.1, -0.05) is 0 Å². The van der Waals surface area contributed by atoms with Crippen LogP contribution in [0.25, 0.3) is 0 Å². The van der Waals surface area contributed by atoms with E-state index >= 15 is 0 Å². The maximum absolute atomic E-state index is 8.24. The topological polar surface area (TPSA) is 187 Å². The van der Waals surface area contributed by atoms with Gasteiger partial charge in [-0.25, -0.2) is 21.0 Å². The third-order valence-corrected chi connectivity index (χ3v) is 0. The Morgan fingerprint density at radius 3 is 0.538 bits per heavy atom. The van der Waals surface area contributed by atoms with E-state index in [-0.39, 0.29) is 27.3 Å². The van der Waals surface area contributed by atoms with Gasteiger partial charge in [0, 0.05) is 25.0 Å². The van der Waals surface area contributed by atoms with Crippen LogP contribution >= 0.6 is 0 Å². The van der Waals surface area contributed by atoms with Crippen molar-refractivity contribution in [1.82, 2.24) is 0 Å². The Labute approximate surface area is 93.9 Å². The normalized spacial score (nSPS) is 2.15. The van der Waals surface area contributed by atoms with Gasteiger partial charge in [-0.3, -0.25) is 0 Å². The molecule has 0 spiro atoms. The zero-order valence-corrected chi connectivity index (χ0v) is 9.81. The molecule has 0 bridgehead atoms. The molecule has 64 valence electrons. The Morgan fingerprint density at radius 2 is 0.538 bits per heavy atom. The maximum Gasteiger partial charge on any atom is 4.00 e. The van der Waals surface area contributed by atoms with Crippen LogP contribution in [0.15, 0.2) is 0 Å². The van der Waals surface area contributed by atoms with Gasteiger partial charge in [0.05, 0.1) is 0 Å². The maximum atomic E-state index is 8.24. The first kappa shape index (κ1) is 30.5. The summed E-state index contributed by atoms with van der Waals surface area (Å²) in [5.74, 6) is 0. The van der Waals surface area contributed by atoms with E-state index in [0.717, 1.165) is 0 Å². The summed E-state index contributed by atoms with van der Waals surface area (Å²) in [5, 5.41) is 60.0. The number of rotatable bonds is 0. The predicted octanol–water partition coefficient (Wildman–Crippen LogP) is -5.07. The molecule has 8 nitrogen and oxygen atoms in total. The average Bonchev–Trinajstić information content (AvgIpc) is 1.92. The minimum Gasteiger partial charge on any atom is -0.812 e. The first-order valence-electron chi connectivity index (χ1n) is 1.71. The van der Waals surface area contributed by atoms with Crippen LogP contribution < -0.4 is 20.4 Å². The third kappa shape index (κ3) is 179. The van der Waals surface area contributed by atoms with Crippen molar-refractivity contribution in [3.63, 3.8) is 0 Å². The van der Waals surface area contributed by atoms with Gasteiger partial charge in [0.1, 0.15) is 0 Å². The number of hydrogen-bond donors (Lipinski definition) is 0. The molecule has 0 aromatic carbocycles. The summed E-state index contributed by atoms with van der Waals surface area (Å²) in [4.78, 5) is 0. The van der Waals surface area contributed by atoms with Gasteiger partial charge in [0.2, 0.25) is 0 Å². The van der Waals surface area contributed by atoms with Crippen LogP contribution in [-0.4, -0.2) is 27.3 Å². The van der Waals surface area contributed by atoms with Crippen LogP contribution in [0.2, 0.25) is 0 Å².